The molecule has 0 saturated heterocycles. The van der Waals surface area contributed by atoms with Crippen molar-refractivity contribution in [1.82, 2.24) is 25.8 Å². The summed E-state index contributed by atoms with van der Waals surface area (Å²) in [4.78, 5) is 44.5. The summed E-state index contributed by atoms with van der Waals surface area (Å²) in [6, 6.07) is 16.2. The highest BCUT2D eigenvalue weighted by atomic mass is 16.5. The number of fused-ring (bicyclic) bond motifs is 2. The number of carbonyl (C=O) groups excluding carboxylic acids is 2. The number of aromatic nitrogens is 3. The Balaban J connectivity index is 1.47. The first-order chi connectivity index (χ1) is 16.6. The zero-order valence-corrected chi connectivity index (χ0v) is 17.8. The number of nitrogens with zero attached hydrogens (tertiary/aromatic N) is 2. The van der Waals surface area contributed by atoms with Crippen molar-refractivity contribution in [3.8, 4) is 0 Å². The normalized spacial score (nSPS) is 11.9. The van der Waals surface area contributed by atoms with E-state index in [1.165, 1.54) is 30.9 Å². The van der Waals surface area contributed by atoms with Crippen LogP contribution in [0.5, 0.6) is 0 Å². The Morgan fingerprint density at radius 1 is 0.971 bits per heavy atom. The molecule has 0 saturated carbocycles. The lowest BCUT2D eigenvalue weighted by Gasteiger charge is -2.20. The van der Waals surface area contributed by atoms with Crippen LogP contribution in [0.4, 0.5) is 0 Å². The van der Waals surface area contributed by atoms with Gasteiger partial charge in [-0.3, -0.25) is 19.4 Å². The molecule has 0 aliphatic carbocycles. The van der Waals surface area contributed by atoms with Crippen LogP contribution in [-0.2, 0) is 0 Å². The van der Waals surface area contributed by atoms with E-state index >= 15 is 0 Å². The van der Waals surface area contributed by atoms with Crippen LogP contribution in [0.1, 0.15) is 32.5 Å². The minimum atomic E-state index is -0.565. The van der Waals surface area contributed by atoms with E-state index in [0.717, 1.165) is 16.3 Å². The predicted molar refractivity (Wildman–Crippen MR) is 125 cm³/mol. The number of aromatic amines is 1. The number of hydrogen-bond acceptors (Lipinski definition) is 6. The van der Waals surface area contributed by atoms with E-state index < -0.39 is 17.9 Å². The second kappa shape index (κ2) is 8.99. The largest absolute Gasteiger partial charge is 0.364 e. The van der Waals surface area contributed by atoms with Gasteiger partial charge in [0.1, 0.15) is 6.26 Å². The molecule has 0 fully saturated rings. The van der Waals surface area contributed by atoms with Crippen LogP contribution >= 0.6 is 0 Å². The summed E-state index contributed by atoms with van der Waals surface area (Å²) in [5.74, 6) is -0.843. The second-order valence-electron chi connectivity index (χ2n) is 7.68. The fourth-order valence-corrected chi connectivity index (χ4v) is 3.82. The van der Waals surface area contributed by atoms with Gasteiger partial charge in [0.15, 0.2) is 5.69 Å². The number of pyridine rings is 2. The molecule has 1 unspecified atom stereocenters. The fourth-order valence-electron chi connectivity index (χ4n) is 3.82. The standard InChI is InChI=1S/C25H19N5O4/c31-23-19-12-26-13-20(18(19)7-9-27-23)24(32)29-22(14-28-25(33)21-8-10-34-30-21)17-6-5-15-3-1-2-4-16(15)11-17/h1-13,22H,14H2,(H,27,31)(H,28,33)(H,29,32). The monoisotopic (exact) mass is 453 g/mol. The Bertz CT molecular complexity index is 1560. The Morgan fingerprint density at radius 2 is 1.82 bits per heavy atom. The highest BCUT2D eigenvalue weighted by Crippen LogP contribution is 2.22. The summed E-state index contributed by atoms with van der Waals surface area (Å²) in [6.07, 6.45) is 5.64. The first kappa shape index (κ1) is 21.1. The average molecular weight is 453 g/mol. The summed E-state index contributed by atoms with van der Waals surface area (Å²) in [7, 11) is 0. The van der Waals surface area contributed by atoms with Gasteiger partial charge in [-0.1, -0.05) is 41.6 Å². The number of carbonyl (C=O) groups is 2. The van der Waals surface area contributed by atoms with Gasteiger partial charge in [0, 0.05) is 36.6 Å². The van der Waals surface area contributed by atoms with Gasteiger partial charge in [-0.05, 0) is 28.5 Å². The van der Waals surface area contributed by atoms with E-state index in [0.29, 0.717) is 10.8 Å². The SMILES string of the molecule is O=C(NCC(NC(=O)c1cncc2c(=O)[nH]ccc12)c1ccc2ccccc2c1)c1ccon1. The first-order valence-electron chi connectivity index (χ1n) is 10.5. The fraction of sp³-hybridized carbons (Fsp3) is 0.0800. The van der Waals surface area contributed by atoms with Crippen LogP contribution in [0.25, 0.3) is 21.5 Å². The second-order valence-corrected chi connectivity index (χ2v) is 7.68. The van der Waals surface area contributed by atoms with E-state index in [1.807, 2.05) is 42.5 Å². The zero-order chi connectivity index (χ0) is 23.5. The molecule has 3 N–H and O–H groups in total. The number of benzene rings is 2. The molecule has 0 bridgehead atoms. The molecule has 34 heavy (non-hydrogen) atoms. The summed E-state index contributed by atoms with van der Waals surface area (Å²) in [5.41, 5.74) is 0.877. The summed E-state index contributed by atoms with van der Waals surface area (Å²) in [6.45, 7) is 0.106. The van der Waals surface area contributed by atoms with Crippen molar-refractivity contribution < 1.29 is 14.1 Å². The smallest absolute Gasteiger partial charge is 0.273 e. The third kappa shape index (κ3) is 4.14. The van der Waals surface area contributed by atoms with Crippen LogP contribution < -0.4 is 16.2 Å². The quantitative estimate of drug-likeness (QED) is 0.362. The van der Waals surface area contributed by atoms with Crippen LogP contribution in [0.3, 0.4) is 0 Å². The molecule has 3 aromatic heterocycles. The molecule has 0 aliphatic rings. The lowest BCUT2D eigenvalue weighted by molar-refractivity contribution is 0.0905. The first-order valence-corrected chi connectivity index (χ1v) is 10.5. The zero-order valence-electron chi connectivity index (χ0n) is 17.8. The minimum Gasteiger partial charge on any atom is -0.364 e. The molecule has 0 aliphatic heterocycles. The summed E-state index contributed by atoms with van der Waals surface area (Å²) >= 11 is 0. The number of hydrogen-bond donors (Lipinski definition) is 3. The van der Waals surface area contributed by atoms with Gasteiger partial charge in [-0.25, -0.2) is 0 Å². The highest BCUT2D eigenvalue weighted by Gasteiger charge is 2.20. The summed E-state index contributed by atoms with van der Waals surface area (Å²) < 4.78 is 4.73. The molecule has 0 radical (unpaired) electrons. The predicted octanol–water partition coefficient (Wildman–Crippen LogP) is 2.97. The van der Waals surface area contributed by atoms with Gasteiger partial charge >= 0.3 is 0 Å². The molecule has 2 amide bonds. The van der Waals surface area contributed by atoms with E-state index in [4.69, 9.17) is 4.52 Å². The number of H-pyrrole nitrogens is 1. The van der Waals surface area contributed by atoms with Crippen molar-refractivity contribution >= 4 is 33.4 Å². The molecule has 9 nitrogen and oxygen atoms in total. The Labute approximate surface area is 192 Å². The van der Waals surface area contributed by atoms with Crippen LogP contribution in [-0.4, -0.2) is 33.5 Å². The average Bonchev–Trinajstić information content (AvgIpc) is 3.41. The maximum Gasteiger partial charge on any atom is 0.273 e. The van der Waals surface area contributed by atoms with Crippen LogP contribution in [0.15, 0.2) is 88.8 Å². The number of rotatable bonds is 6. The maximum absolute atomic E-state index is 13.3. The van der Waals surface area contributed by atoms with Gasteiger partial charge in [-0.2, -0.15) is 0 Å². The van der Waals surface area contributed by atoms with E-state index in [1.54, 1.807) is 6.07 Å². The topological polar surface area (TPSA) is 130 Å². The maximum atomic E-state index is 13.3. The van der Waals surface area contributed by atoms with Crippen LogP contribution in [0.2, 0.25) is 0 Å². The number of nitrogens with one attached hydrogen (secondary N) is 3. The van der Waals surface area contributed by atoms with Crippen molar-refractivity contribution in [2.45, 2.75) is 6.04 Å². The lowest BCUT2D eigenvalue weighted by Crippen LogP contribution is -2.38. The molecule has 0 spiro atoms. The highest BCUT2D eigenvalue weighted by molar-refractivity contribution is 6.06. The molecular weight excluding hydrogens is 434 g/mol. The molecule has 168 valence electrons. The van der Waals surface area contributed by atoms with Gasteiger partial charge in [0.05, 0.1) is 17.0 Å². The third-order valence-electron chi connectivity index (χ3n) is 5.56. The van der Waals surface area contributed by atoms with Gasteiger partial charge < -0.3 is 20.1 Å². The molecule has 2 aromatic carbocycles. The van der Waals surface area contributed by atoms with E-state index in [-0.39, 0.29) is 23.4 Å². The van der Waals surface area contributed by atoms with Crippen molar-refractivity contribution in [2.75, 3.05) is 6.54 Å². The molecule has 3 heterocycles. The molecular formula is C25H19N5O4. The van der Waals surface area contributed by atoms with Crippen molar-refractivity contribution in [3.05, 3.63) is 107 Å². The van der Waals surface area contributed by atoms with Crippen molar-refractivity contribution in [3.63, 3.8) is 0 Å². The molecule has 5 aromatic rings. The molecule has 9 heteroatoms. The molecule has 5 rings (SSSR count). The molecule has 1 atom stereocenters. The van der Waals surface area contributed by atoms with E-state index in [2.05, 4.69) is 25.8 Å². The van der Waals surface area contributed by atoms with Gasteiger partial charge in [-0.15, -0.1) is 0 Å². The Morgan fingerprint density at radius 3 is 2.65 bits per heavy atom. The van der Waals surface area contributed by atoms with Crippen molar-refractivity contribution in [1.29, 1.82) is 0 Å². The lowest BCUT2D eigenvalue weighted by atomic mass is 10.0. The summed E-state index contributed by atoms with van der Waals surface area (Å²) in [5, 5.41) is 12.3. The van der Waals surface area contributed by atoms with E-state index in [9.17, 15) is 14.4 Å². The van der Waals surface area contributed by atoms with Crippen molar-refractivity contribution in [2.24, 2.45) is 0 Å². The van der Waals surface area contributed by atoms with Crippen LogP contribution in [0, 0.1) is 0 Å². The Kier molecular flexibility index (Phi) is 5.57. The van der Waals surface area contributed by atoms with Gasteiger partial charge in [0.2, 0.25) is 0 Å². The minimum absolute atomic E-state index is 0.106. The van der Waals surface area contributed by atoms with Gasteiger partial charge in [0.25, 0.3) is 17.4 Å². The number of amides is 2. The third-order valence-corrected chi connectivity index (χ3v) is 5.56. The Hall–Kier alpha value is -4.79.